The minimum absolute atomic E-state index is 0.204. The molecule has 4 aromatic rings. The van der Waals surface area contributed by atoms with E-state index in [0.29, 0.717) is 16.1 Å². The van der Waals surface area contributed by atoms with Gasteiger partial charge in [0.05, 0.1) is 23.0 Å². The third-order valence-electron chi connectivity index (χ3n) is 4.66. The third kappa shape index (κ3) is 3.21. The molecular weight excluding hydrogens is 390 g/mol. The Bertz CT molecular complexity index is 1280. The Labute approximate surface area is 170 Å². The van der Waals surface area contributed by atoms with Crippen LogP contribution in [0.15, 0.2) is 60.0 Å². The Morgan fingerprint density at radius 2 is 1.76 bits per heavy atom. The van der Waals surface area contributed by atoms with Crippen molar-refractivity contribution in [3.05, 3.63) is 60.4 Å². The molecule has 0 unspecified atom stereocenters. The molecule has 0 bridgehead atoms. The zero-order valence-corrected chi connectivity index (χ0v) is 16.5. The molecule has 0 amide bonds. The lowest BCUT2D eigenvalue weighted by Crippen LogP contribution is -2.27. The first-order valence-electron chi connectivity index (χ1n) is 8.80. The maximum absolute atomic E-state index is 11.7. The van der Waals surface area contributed by atoms with Gasteiger partial charge in [0.25, 0.3) is 0 Å². The number of imidazole rings is 1. The van der Waals surface area contributed by atoms with Gasteiger partial charge < -0.3 is 10.2 Å². The molecular formula is C21H17N3O4S. The zero-order valence-electron chi connectivity index (χ0n) is 15.7. The minimum Gasteiger partial charge on any atom is -0.480 e. The molecule has 0 aliphatic heterocycles. The topological polar surface area (TPSA) is 105 Å². The van der Waals surface area contributed by atoms with Gasteiger partial charge >= 0.3 is 11.9 Å². The normalized spacial score (nSPS) is 11.8. The van der Waals surface area contributed by atoms with E-state index in [4.69, 9.17) is 0 Å². The summed E-state index contributed by atoms with van der Waals surface area (Å²) in [7, 11) is 0. The van der Waals surface area contributed by atoms with Crippen LogP contribution in [0.1, 0.15) is 24.2 Å². The van der Waals surface area contributed by atoms with Gasteiger partial charge in [-0.3, -0.25) is 14.3 Å². The Balaban J connectivity index is 2.04. The van der Waals surface area contributed by atoms with Crippen LogP contribution in [-0.2, 0) is 4.79 Å². The Hall–Kier alpha value is -3.39. The molecule has 8 heteroatoms. The Morgan fingerprint density at radius 1 is 1.03 bits per heavy atom. The summed E-state index contributed by atoms with van der Waals surface area (Å²) in [6, 6.07) is 12.3. The average Bonchev–Trinajstić information content (AvgIpc) is 3.03. The summed E-state index contributed by atoms with van der Waals surface area (Å²) in [5.41, 5.74) is 2.32. The largest absolute Gasteiger partial charge is 0.480 e. The molecule has 0 saturated carbocycles. The fourth-order valence-corrected chi connectivity index (χ4v) is 4.12. The van der Waals surface area contributed by atoms with E-state index >= 15 is 0 Å². The molecule has 29 heavy (non-hydrogen) atoms. The number of fused-ring (bicyclic) bond motifs is 2. The molecule has 0 spiro atoms. The number of carbonyl (C=O) groups is 2. The van der Waals surface area contributed by atoms with Crippen LogP contribution < -0.4 is 0 Å². The number of aliphatic carboxylic acids is 1. The van der Waals surface area contributed by atoms with Crippen LogP contribution >= 0.6 is 11.8 Å². The van der Waals surface area contributed by atoms with Gasteiger partial charge in [-0.15, -0.1) is 0 Å². The number of thioether (sulfide) groups is 1. The van der Waals surface area contributed by atoms with Crippen LogP contribution in [0.4, 0.5) is 0 Å². The highest BCUT2D eigenvalue weighted by Gasteiger charge is 2.31. The molecule has 2 aromatic carbocycles. The van der Waals surface area contributed by atoms with Crippen LogP contribution in [0.2, 0.25) is 0 Å². The summed E-state index contributed by atoms with van der Waals surface area (Å²) in [6.07, 6.45) is 3.27. The predicted octanol–water partition coefficient (Wildman–Crippen LogP) is 4.23. The van der Waals surface area contributed by atoms with Gasteiger partial charge in [0.1, 0.15) is 10.3 Å². The van der Waals surface area contributed by atoms with Gasteiger partial charge in [0, 0.05) is 11.6 Å². The van der Waals surface area contributed by atoms with Crippen LogP contribution in [0.3, 0.4) is 0 Å². The van der Waals surface area contributed by atoms with E-state index in [0.717, 1.165) is 28.4 Å². The predicted molar refractivity (Wildman–Crippen MR) is 111 cm³/mol. The molecule has 146 valence electrons. The zero-order chi connectivity index (χ0) is 20.8. The van der Waals surface area contributed by atoms with Gasteiger partial charge in [0.15, 0.2) is 5.16 Å². The summed E-state index contributed by atoms with van der Waals surface area (Å²) < 4.78 is 0.754. The van der Waals surface area contributed by atoms with Crippen molar-refractivity contribution in [3.63, 3.8) is 0 Å². The second-order valence-electron chi connectivity index (χ2n) is 6.99. The van der Waals surface area contributed by atoms with Crippen molar-refractivity contribution < 1.29 is 19.8 Å². The van der Waals surface area contributed by atoms with E-state index in [1.165, 1.54) is 0 Å². The van der Waals surface area contributed by atoms with Gasteiger partial charge in [-0.2, -0.15) is 0 Å². The van der Waals surface area contributed by atoms with Gasteiger partial charge in [-0.25, -0.2) is 9.78 Å². The maximum Gasteiger partial charge on any atom is 0.336 e. The van der Waals surface area contributed by atoms with Crippen LogP contribution in [0, 0.1) is 0 Å². The smallest absolute Gasteiger partial charge is 0.336 e. The van der Waals surface area contributed by atoms with E-state index < -0.39 is 16.7 Å². The lowest BCUT2D eigenvalue weighted by molar-refractivity contribution is -0.138. The SMILES string of the molecule is CC(C)(Sc1nc2cnccc2n1-c1ccc(C(=O)O)c2ccccc12)C(=O)O. The van der Waals surface area contributed by atoms with Crippen molar-refractivity contribution in [2.24, 2.45) is 0 Å². The number of pyridine rings is 1. The number of carboxylic acid groups (broad SMARTS) is 2. The van der Waals surface area contributed by atoms with Crippen molar-refractivity contribution in [2.45, 2.75) is 23.8 Å². The van der Waals surface area contributed by atoms with Crippen molar-refractivity contribution >= 4 is 45.5 Å². The van der Waals surface area contributed by atoms with Crippen LogP contribution in [0.5, 0.6) is 0 Å². The number of hydrogen-bond acceptors (Lipinski definition) is 5. The first-order valence-corrected chi connectivity index (χ1v) is 9.61. The summed E-state index contributed by atoms with van der Waals surface area (Å²) >= 11 is 1.13. The summed E-state index contributed by atoms with van der Waals surface area (Å²) in [6.45, 7) is 3.24. The maximum atomic E-state index is 11.7. The summed E-state index contributed by atoms with van der Waals surface area (Å²) in [5, 5.41) is 20.9. The fraction of sp³-hybridized carbons (Fsp3) is 0.143. The van der Waals surface area contributed by atoms with Gasteiger partial charge in [-0.1, -0.05) is 36.0 Å². The molecule has 0 atom stereocenters. The molecule has 0 aliphatic rings. The highest BCUT2D eigenvalue weighted by molar-refractivity contribution is 8.01. The Kier molecular flexibility index (Phi) is 4.50. The number of rotatable bonds is 5. The first-order chi connectivity index (χ1) is 13.8. The molecule has 4 rings (SSSR count). The standard InChI is InChI=1S/C21H17N3O4S/c1-21(2,19(27)28)29-20-23-15-11-22-10-9-17(15)24(20)16-8-7-14(18(25)26)12-5-3-4-6-13(12)16/h3-11H,1-2H3,(H,25,26)(H,27,28). The second kappa shape index (κ2) is 6.89. The molecule has 7 nitrogen and oxygen atoms in total. The molecule has 0 saturated heterocycles. The fourth-order valence-electron chi connectivity index (χ4n) is 3.15. The van der Waals surface area contributed by atoms with E-state index in [2.05, 4.69) is 9.97 Å². The monoisotopic (exact) mass is 407 g/mol. The van der Waals surface area contributed by atoms with Crippen molar-refractivity contribution in [3.8, 4) is 5.69 Å². The van der Waals surface area contributed by atoms with Gasteiger partial charge in [0.2, 0.25) is 0 Å². The van der Waals surface area contributed by atoms with Crippen molar-refractivity contribution in [2.75, 3.05) is 0 Å². The number of benzene rings is 2. The first kappa shape index (κ1) is 18.9. The molecule has 0 fully saturated rings. The number of nitrogens with zero attached hydrogens (tertiary/aromatic N) is 3. The van der Waals surface area contributed by atoms with Crippen molar-refractivity contribution in [1.29, 1.82) is 0 Å². The van der Waals surface area contributed by atoms with Gasteiger partial charge in [-0.05, 0) is 37.4 Å². The molecule has 0 aliphatic carbocycles. The number of carboxylic acids is 2. The number of hydrogen-bond donors (Lipinski definition) is 2. The lowest BCUT2D eigenvalue weighted by atomic mass is 10.0. The van der Waals surface area contributed by atoms with E-state index in [-0.39, 0.29) is 5.56 Å². The highest BCUT2D eigenvalue weighted by atomic mass is 32.2. The number of aromatic nitrogens is 3. The minimum atomic E-state index is -1.11. The molecule has 0 radical (unpaired) electrons. The molecule has 2 N–H and O–H groups in total. The third-order valence-corrected chi connectivity index (χ3v) is 5.80. The molecule has 2 heterocycles. The van der Waals surface area contributed by atoms with Crippen LogP contribution in [0.25, 0.3) is 27.5 Å². The molecule has 2 aromatic heterocycles. The average molecular weight is 407 g/mol. The highest BCUT2D eigenvalue weighted by Crippen LogP contribution is 2.38. The number of aromatic carboxylic acids is 1. The van der Waals surface area contributed by atoms with E-state index in [9.17, 15) is 19.8 Å². The van der Waals surface area contributed by atoms with E-state index in [1.807, 2.05) is 16.7 Å². The van der Waals surface area contributed by atoms with Crippen molar-refractivity contribution in [1.82, 2.24) is 14.5 Å². The quantitative estimate of drug-likeness (QED) is 0.477. The summed E-state index contributed by atoms with van der Waals surface area (Å²) in [5.74, 6) is -1.96. The second-order valence-corrected chi connectivity index (χ2v) is 8.58. The van der Waals surface area contributed by atoms with E-state index in [1.54, 1.807) is 56.6 Å². The lowest BCUT2D eigenvalue weighted by Gasteiger charge is -2.19. The van der Waals surface area contributed by atoms with Crippen LogP contribution in [-0.4, -0.2) is 41.4 Å². The summed E-state index contributed by atoms with van der Waals surface area (Å²) in [4.78, 5) is 32.1. The Morgan fingerprint density at radius 3 is 2.45 bits per heavy atom.